The maximum Gasteiger partial charge on any atom is 0.312 e. The van der Waals surface area contributed by atoms with Crippen LogP contribution in [0.25, 0.3) is 10.8 Å². The Hall–Kier alpha value is -3.34. The summed E-state index contributed by atoms with van der Waals surface area (Å²) in [6.45, 7) is 0. The minimum atomic E-state index is -0.744. The highest BCUT2D eigenvalue weighted by Crippen LogP contribution is 2.19. The van der Waals surface area contributed by atoms with Gasteiger partial charge in [0.15, 0.2) is 0 Å². The molecule has 0 spiro atoms. The van der Waals surface area contributed by atoms with E-state index in [0.717, 1.165) is 16.3 Å². The zero-order valence-electron chi connectivity index (χ0n) is 13.6. The van der Waals surface area contributed by atoms with Crippen LogP contribution in [0.15, 0.2) is 72.8 Å². The van der Waals surface area contributed by atoms with E-state index in [1.165, 1.54) is 0 Å². The maximum atomic E-state index is 12.6. The lowest BCUT2D eigenvalue weighted by Gasteiger charge is -2.17. The molecule has 0 radical (unpaired) electrons. The van der Waals surface area contributed by atoms with E-state index >= 15 is 0 Å². The van der Waals surface area contributed by atoms with Crippen molar-refractivity contribution in [3.63, 3.8) is 0 Å². The zero-order chi connectivity index (χ0) is 17.6. The lowest BCUT2D eigenvalue weighted by Crippen LogP contribution is -2.47. The number of hydrogen-bond donors (Lipinski definition) is 3. The first-order chi connectivity index (χ1) is 12.1. The second kappa shape index (κ2) is 7.49. The van der Waals surface area contributed by atoms with E-state index in [0.29, 0.717) is 12.1 Å². The van der Waals surface area contributed by atoms with Crippen LogP contribution in [0.1, 0.15) is 5.56 Å². The number of fused-ring (bicyclic) bond motifs is 1. The van der Waals surface area contributed by atoms with Crippen LogP contribution in [0.4, 0.5) is 10.5 Å². The monoisotopic (exact) mass is 333 g/mol. The van der Waals surface area contributed by atoms with Crippen molar-refractivity contribution in [2.75, 3.05) is 5.32 Å². The first-order valence-electron chi connectivity index (χ1n) is 8.01. The largest absolute Gasteiger partial charge is 0.352 e. The first kappa shape index (κ1) is 16.5. The van der Waals surface area contributed by atoms with Gasteiger partial charge in [0.2, 0.25) is 5.91 Å². The minimum absolute atomic E-state index is 0.307. The summed E-state index contributed by atoms with van der Waals surface area (Å²) in [6, 6.07) is 21.6. The molecule has 126 valence electrons. The third-order valence-electron chi connectivity index (χ3n) is 3.93. The van der Waals surface area contributed by atoms with E-state index in [1.807, 2.05) is 72.8 Å². The fourth-order valence-corrected chi connectivity index (χ4v) is 2.73. The molecule has 0 aliphatic carbocycles. The Kier molecular flexibility index (Phi) is 4.95. The van der Waals surface area contributed by atoms with Gasteiger partial charge in [-0.15, -0.1) is 0 Å². The van der Waals surface area contributed by atoms with Crippen molar-refractivity contribution >= 4 is 28.4 Å². The molecule has 3 amide bonds. The van der Waals surface area contributed by atoms with Crippen LogP contribution in [-0.2, 0) is 11.2 Å². The Morgan fingerprint density at radius 3 is 2.28 bits per heavy atom. The summed E-state index contributed by atoms with van der Waals surface area (Å²) in [5.74, 6) is -0.307. The molecule has 0 saturated carbocycles. The number of nitrogens with two attached hydrogens (primary N) is 1. The Morgan fingerprint density at radius 2 is 1.56 bits per heavy atom. The third kappa shape index (κ3) is 4.35. The predicted octanol–water partition coefficient (Wildman–Crippen LogP) is 3.06. The molecule has 0 bridgehead atoms. The van der Waals surface area contributed by atoms with Gasteiger partial charge in [-0.1, -0.05) is 60.7 Å². The summed E-state index contributed by atoms with van der Waals surface area (Å²) < 4.78 is 0. The highest BCUT2D eigenvalue weighted by molar-refractivity contribution is 5.98. The number of primary amides is 1. The van der Waals surface area contributed by atoms with E-state index in [9.17, 15) is 9.59 Å². The standard InChI is InChI=1S/C20H19N3O2/c21-20(25)23-18(12-14-6-2-1-3-7-14)19(24)22-17-11-10-15-8-4-5-9-16(15)13-17/h1-11,13,18H,12H2,(H,22,24)(H3,21,23,25). The Balaban J connectivity index is 1.77. The number of carbonyl (C=O) groups is 2. The summed E-state index contributed by atoms with van der Waals surface area (Å²) in [5, 5.41) is 7.49. The molecule has 0 heterocycles. The van der Waals surface area contributed by atoms with Gasteiger partial charge in [0, 0.05) is 12.1 Å². The van der Waals surface area contributed by atoms with Crippen LogP contribution < -0.4 is 16.4 Å². The van der Waals surface area contributed by atoms with E-state index < -0.39 is 12.1 Å². The molecule has 5 nitrogen and oxygen atoms in total. The molecule has 3 aromatic rings. The normalized spacial score (nSPS) is 11.7. The van der Waals surface area contributed by atoms with Gasteiger partial charge in [0.05, 0.1) is 0 Å². The molecule has 0 aromatic heterocycles. The van der Waals surface area contributed by atoms with Crippen LogP contribution in [0.2, 0.25) is 0 Å². The number of amides is 3. The van der Waals surface area contributed by atoms with Crippen molar-refractivity contribution in [2.24, 2.45) is 5.73 Å². The highest BCUT2D eigenvalue weighted by atomic mass is 16.2. The smallest absolute Gasteiger partial charge is 0.312 e. The second-order valence-corrected chi connectivity index (χ2v) is 5.80. The molecule has 5 heteroatoms. The number of anilines is 1. The maximum absolute atomic E-state index is 12.6. The van der Waals surface area contributed by atoms with Crippen molar-refractivity contribution in [1.82, 2.24) is 5.32 Å². The summed E-state index contributed by atoms with van der Waals surface area (Å²) in [7, 11) is 0. The fourth-order valence-electron chi connectivity index (χ4n) is 2.73. The third-order valence-corrected chi connectivity index (χ3v) is 3.93. The van der Waals surface area contributed by atoms with Gasteiger partial charge in [-0.05, 0) is 28.5 Å². The molecule has 0 fully saturated rings. The lowest BCUT2D eigenvalue weighted by atomic mass is 10.0. The van der Waals surface area contributed by atoms with Gasteiger partial charge < -0.3 is 16.4 Å². The zero-order valence-corrected chi connectivity index (χ0v) is 13.6. The van der Waals surface area contributed by atoms with Crippen molar-refractivity contribution in [1.29, 1.82) is 0 Å². The van der Waals surface area contributed by atoms with E-state index in [1.54, 1.807) is 0 Å². The second-order valence-electron chi connectivity index (χ2n) is 5.80. The lowest BCUT2D eigenvalue weighted by molar-refractivity contribution is -0.117. The number of rotatable bonds is 5. The van der Waals surface area contributed by atoms with Gasteiger partial charge in [0.25, 0.3) is 0 Å². The number of nitrogens with one attached hydrogen (secondary N) is 2. The van der Waals surface area contributed by atoms with Crippen molar-refractivity contribution in [3.8, 4) is 0 Å². The number of hydrogen-bond acceptors (Lipinski definition) is 2. The molecule has 1 unspecified atom stereocenters. The van der Waals surface area contributed by atoms with Crippen LogP contribution in [0.3, 0.4) is 0 Å². The first-order valence-corrected chi connectivity index (χ1v) is 8.01. The molecule has 4 N–H and O–H groups in total. The summed E-state index contributed by atoms with van der Waals surface area (Å²) in [5.41, 5.74) is 6.84. The summed E-state index contributed by atoms with van der Waals surface area (Å²) in [4.78, 5) is 23.9. The van der Waals surface area contributed by atoms with E-state index in [-0.39, 0.29) is 5.91 Å². The molecule has 25 heavy (non-hydrogen) atoms. The van der Waals surface area contributed by atoms with Crippen LogP contribution in [-0.4, -0.2) is 18.0 Å². The van der Waals surface area contributed by atoms with Gasteiger partial charge in [-0.25, -0.2) is 4.79 Å². The van der Waals surface area contributed by atoms with Crippen molar-refractivity contribution in [3.05, 3.63) is 78.4 Å². The van der Waals surface area contributed by atoms with Gasteiger partial charge >= 0.3 is 6.03 Å². The Bertz CT molecular complexity index is 894. The molecular weight excluding hydrogens is 314 g/mol. The quantitative estimate of drug-likeness (QED) is 0.670. The molecule has 3 aromatic carbocycles. The predicted molar refractivity (Wildman–Crippen MR) is 99.2 cm³/mol. The summed E-state index contributed by atoms with van der Waals surface area (Å²) >= 11 is 0. The Morgan fingerprint density at radius 1 is 0.880 bits per heavy atom. The van der Waals surface area contributed by atoms with Gasteiger partial charge in [-0.2, -0.15) is 0 Å². The van der Waals surface area contributed by atoms with Crippen LogP contribution >= 0.6 is 0 Å². The van der Waals surface area contributed by atoms with E-state index in [4.69, 9.17) is 5.73 Å². The molecule has 0 saturated heterocycles. The van der Waals surface area contributed by atoms with Crippen LogP contribution in [0.5, 0.6) is 0 Å². The Labute approximate surface area is 145 Å². The number of carbonyl (C=O) groups excluding carboxylic acids is 2. The van der Waals surface area contributed by atoms with Gasteiger partial charge in [0.1, 0.15) is 6.04 Å². The SMILES string of the molecule is NC(=O)NC(Cc1ccccc1)C(=O)Nc1ccc2ccccc2c1. The number of urea groups is 1. The highest BCUT2D eigenvalue weighted by Gasteiger charge is 2.20. The number of benzene rings is 3. The van der Waals surface area contributed by atoms with Crippen LogP contribution in [0, 0.1) is 0 Å². The molecule has 0 aliphatic rings. The summed E-state index contributed by atoms with van der Waals surface area (Å²) in [6.07, 6.45) is 0.364. The fraction of sp³-hybridized carbons (Fsp3) is 0.100. The molecular formula is C20H19N3O2. The topological polar surface area (TPSA) is 84.2 Å². The molecule has 1 atom stereocenters. The van der Waals surface area contributed by atoms with Crippen molar-refractivity contribution < 1.29 is 9.59 Å². The average molecular weight is 333 g/mol. The minimum Gasteiger partial charge on any atom is -0.352 e. The molecule has 3 rings (SSSR count). The van der Waals surface area contributed by atoms with E-state index in [2.05, 4.69) is 10.6 Å². The van der Waals surface area contributed by atoms with Crippen molar-refractivity contribution in [2.45, 2.75) is 12.5 Å². The van der Waals surface area contributed by atoms with Gasteiger partial charge in [-0.3, -0.25) is 4.79 Å². The average Bonchev–Trinajstić information content (AvgIpc) is 2.61. The molecule has 0 aliphatic heterocycles.